The van der Waals surface area contributed by atoms with Crippen LogP contribution >= 0.6 is 7.60 Å². The van der Waals surface area contributed by atoms with Crippen molar-refractivity contribution >= 4 is 30.4 Å². The molecule has 0 atom stereocenters. The van der Waals surface area contributed by atoms with Crippen molar-refractivity contribution in [2.75, 3.05) is 18.3 Å². The van der Waals surface area contributed by atoms with Gasteiger partial charge in [-0.3, -0.25) is 8.97 Å². The fourth-order valence-corrected chi connectivity index (χ4v) is 2.86. The van der Waals surface area contributed by atoms with Crippen molar-refractivity contribution in [3.8, 4) is 0 Å². The molecule has 1 aliphatic rings. The molecule has 128 valence electrons. The highest BCUT2D eigenvalue weighted by Crippen LogP contribution is 2.33. The molecule has 0 bridgehead atoms. The van der Waals surface area contributed by atoms with Crippen LogP contribution < -0.4 is 5.32 Å². The molecule has 0 spiro atoms. The average molecular weight is 352 g/mol. The van der Waals surface area contributed by atoms with E-state index in [0.29, 0.717) is 24.0 Å². The Morgan fingerprint density at radius 2 is 2.21 bits per heavy atom. The summed E-state index contributed by atoms with van der Waals surface area (Å²) < 4.78 is 19.5. The number of aromatic nitrogens is 5. The molecule has 3 aromatic rings. The van der Waals surface area contributed by atoms with Gasteiger partial charge in [-0.2, -0.15) is 4.98 Å². The van der Waals surface area contributed by atoms with E-state index in [2.05, 4.69) is 20.3 Å². The minimum atomic E-state index is -4.15. The fourth-order valence-electron chi connectivity index (χ4n) is 2.49. The van der Waals surface area contributed by atoms with Crippen molar-refractivity contribution in [2.24, 2.45) is 0 Å². The molecule has 0 aromatic carbocycles. The molecule has 3 aromatic heterocycles. The van der Waals surface area contributed by atoms with E-state index < -0.39 is 13.9 Å². The van der Waals surface area contributed by atoms with E-state index in [1.807, 2.05) is 10.6 Å². The molecule has 4 rings (SSSR count). The predicted octanol–water partition coefficient (Wildman–Crippen LogP) is 0.805. The number of anilines is 1. The first-order chi connectivity index (χ1) is 11.5. The summed E-state index contributed by atoms with van der Waals surface area (Å²) >= 11 is 0. The van der Waals surface area contributed by atoms with Crippen molar-refractivity contribution in [1.82, 2.24) is 23.9 Å². The zero-order chi connectivity index (χ0) is 16.7. The number of hydrogen-bond donors (Lipinski definition) is 3. The van der Waals surface area contributed by atoms with E-state index in [4.69, 9.17) is 14.5 Å². The van der Waals surface area contributed by atoms with Crippen molar-refractivity contribution in [2.45, 2.75) is 25.4 Å². The lowest BCUT2D eigenvalue weighted by Crippen LogP contribution is -2.10. The number of nitrogens with one attached hydrogen (secondary N) is 1. The van der Waals surface area contributed by atoms with Crippen LogP contribution in [0.2, 0.25) is 0 Å². The standard InChI is InChI=1S/C13H17N6O4P/c20-24(21,22)8-23-6-5-18-7-15-10-11(18)17-13-14-3-4-19(13)12(10)16-9-1-2-9/h3-4,7,9,16H,1-2,5-6,8H2,(H2,20,21,22). The van der Waals surface area contributed by atoms with Crippen LogP contribution in [0.3, 0.4) is 0 Å². The highest BCUT2D eigenvalue weighted by molar-refractivity contribution is 7.51. The molecule has 10 nitrogen and oxygen atoms in total. The molecule has 3 N–H and O–H groups in total. The molecule has 11 heteroatoms. The van der Waals surface area contributed by atoms with Crippen LogP contribution in [0.1, 0.15) is 12.8 Å². The zero-order valence-electron chi connectivity index (χ0n) is 12.7. The molecule has 0 aliphatic heterocycles. The van der Waals surface area contributed by atoms with Gasteiger partial charge in [-0.15, -0.1) is 0 Å². The van der Waals surface area contributed by atoms with Gasteiger partial charge >= 0.3 is 7.60 Å². The summed E-state index contributed by atoms with van der Waals surface area (Å²) in [4.78, 5) is 30.8. The van der Waals surface area contributed by atoms with E-state index >= 15 is 0 Å². The first-order valence-corrected chi connectivity index (χ1v) is 9.38. The van der Waals surface area contributed by atoms with Gasteiger partial charge < -0.3 is 24.4 Å². The fraction of sp³-hybridized carbons (Fsp3) is 0.462. The molecule has 1 fully saturated rings. The van der Waals surface area contributed by atoms with E-state index in [-0.39, 0.29) is 6.61 Å². The number of ether oxygens (including phenoxy) is 1. The Hall–Kier alpha value is -2.00. The first-order valence-electron chi connectivity index (χ1n) is 7.58. The van der Waals surface area contributed by atoms with Crippen LogP contribution in [0.4, 0.5) is 5.82 Å². The highest BCUT2D eigenvalue weighted by atomic mass is 31.2. The number of nitrogens with zero attached hydrogens (tertiary/aromatic N) is 5. The van der Waals surface area contributed by atoms with Gasteiger partial charge in [0, 0.05) is 25.0 Å². The van der Waals surface area contributed by atoms with Gasteiger partial charge in [0.25, 0.3) is 0 Å². The monoisotopic (exact) mass is 352 g/mol. The highest BCUT2D eigenvalue weighted by Gasteiger charge is 2.24. The Morgan fingerprint density at radius 1 is 1.38 bits per heavy atom. The van der Waals surface area contributed by atoms with Crippen molar-refractivity contribution in [3.63, 3.8) is 0 Å². The Balaban J connectivity index is 1.61. The van der Waals surface area contributed by atoms with Gasteiger partial charge in [0.2, 0.25) is 5.78 Å². The molecular formula is C13H17N6O4P. The summed E-state index contributed by atoms with van der Waals surface area (Å²) in [6.07, 6.45) is 6.86. The second kappa shape index (κ2) is 5.82. The number of rotatable bonds is 7. The number of hydrogen-bond acceptors (Lipinski definition) is 6. The van der Waals surface area contributed by atoms with Gasteiger partial charge in [-0.1, -0.05) is 0 Å². The molecule has 0 unspecified atom stereocenters. The van der Waals surface area contributed by atoms with Crippen LogP contribution in [0.15, 0.2) is 18.7 Å². The minimum Gasteiger partial charge on any atom is -0.367 e. The van der Waals surface area contributed by atoms with Crippen molar-refractivity contribution in [1.29, 1.82) is 0 Å². The molecule has 3 heterocycles. The zero-order valence-corrected chi connectivity index (χ0v) is 13.6. The molecule has 0 saturated heterocycles. The molecule has 1 saturated carbocycles. The lowest BCUT2D eigenvalue weighted by atomic mass is 10.4. The quantitative estimate of drug-likeness (QED) is 0.421. The smallest absolute Gasteiger partial charge is 0.350 e. The number of imidazole rings is 2. The second-order valence-electron chi connectivity index (χ2n) is 5.79. The SMILES string of the molecule is O=P(O)(O)COCCn1cnc2c(NC3CC3)n3ccnc3nc21. The Labute approximate surface area is 136 Å². The summed E-state index contributed by atoms with van der Waals surface area (Å²) in [6, 6.07) is 0.456. The maximum atomic E-state index is 10.8. The maximum absolute atomic E-state index is 10.8. The maximum Gasteiger partial charge on any atom is 0.350 e. The van der Waals surface area contributed by atoms with Gasteiger partial charge in [0.15, 0.2) is 5.65 Å². The average Bonchev–Trinajstić information content (AvgIpc) is 3.06. The Morgan fingerprint density at radius 3 is 2.96 bits per heavy atom. The summed E-state index contributed by atoms with van der Waals surface area (Å²) in [7, 11) is -4.15. The lowest BCUT2D eigenvalue weighted by molar-refractivity contribution is 0.149. The predicted molar refractivity (Wildman–Crippen MR) is 85.8 cm³/mol. The van der Waals surface area contributed by atoms with Crippen LogP contribution in [0.25, 0.3) is 16.9 Å². The lowest BCUT2D eigenvalue weighted by Gasteiger charge is -2.10. The van der Waals surface area contributed by atoms with E-state index in [1.54, 1.807) is 17.1 Å². The van der Waals surface area contributed by atoms with E-state index in [0.717, 1.165) is 24.2 Å². The van der Waals surface area contributed by atoms with Gasteiger partial charge in [-0.25, -0.2) is 9.97 Å². The van der Waals surface area contributed by atoms with Crippen molar-refractivity contribution in [3.05, 3.63) is 18.7 Å². The van der Waals surface area contributed by atoms with Crippen LogP contribution in [-0.4, -0.2) is 52.7 Å². The van der Waals surface area contributed by atoms with Crippen LogP contribution in [0.5, 0.6) is 0 Å². The topological polar surface area (TPSA) is 127 Å². The van der Waals surface area contributed by atoms with E-state index in [9.17, 15) is 4.57 Å². The largest absolute Gasteiger partial charge is 0.367 e. The third-order valence-corrected chi connectivity index (χ3v) is 4.28. The summed E-state index contributed by atoms with van der Waals surface area (Å²) in [5, 5.41) is 3.46. The van der Waals surface area contributed by atoms with Crippen LogP contribution in [0, 0.1) is 0 Å². The Kier molecular flexibility index (Phi) is 3.76. The summed E-state index contributed by atoms with van der Waals surface area (Å²) in [5.41, 5.74) is 1.40. The first kappa shape index (κ1) is 15.5. The second-order valence-corrected chi connectivity index (χ2v) is 7.38. The van der Waals surface area contributed by atoms with Crippen LogP contribution in [-0.2, 0) is 15.8 Å². The number of fused-ring (bicyclic) bond motifs is 2. The summed E-state index contributed by atoms with van der Waals surface area (Å²) in [5.74, 6) is 1.44. The third-order valence-electron chi connectivity index (χ3n) is 3.76. The summed E-state index contributed by atoms with van der Waals surface area (Å²) in [6.45, 7) is 0.548. The minimum absolute atomic E-state index is 0.156. The molecule has 1 aliphatic carbocycles. The van der Waals surface area contributed by atoms with Gasteiger partial charge in [0.1, 0.15) is 17.7 Å². The van der Waals surface area contributed by atoms with Gasteiger partial charge in [-0.05, 0) is 12.8 Å². The van der Waals surface area contributed by atoms with E-state index in [1.165, 1.54) is 0 Å². The third kappa shape index (κ3) is 3.13. The van der Waals surface area contributed by atoms with Gasteiger partial charge in [0.05, 0.1) is 12.9 Å². The van der Waals surface area contributed by atoms with Crippen molar-refractivity contribution < 1.29 is 19.1 Å². The molecule has 24 heavy (non-hydrogen) atoms. The molecule has 0 amide bonds. The normalized spacial score (nSPS) is 15.4. The molecule has 0 radical (unpaired) electrons. The molecular weight excluding hydrogens is 335 g/mol. The Bertz CT molecular complexity index is 927.